The van der Waals surface area contributed by atoms with Crippen molar-refractivity contribution in [2.45, 2.75) is 12.7 Å². The lowest BCUT2D eigenvalue weighted by molar-refractivity contribution is -0.142. The van der Waals surface area contributed by atoms with Crippen LogP contribution in [-0.2, 0) is 22.3 Å². The summed E-state index contributed by atoms with van der Waals surface area (Å²) in [6.07, 6.45) is -4.02. The van der Waals surface area contributed by atoms with E-state index in [0.717, 1.165) is 7.11 Å². The number of carbonyl (C=O) groups excluding carboxylic acids is 1. The van der Waals surface area contributed by atoms with Crippen LogP contribution >= 0.6 is 15.9 Å². The summed E-state index contributed by atoms with van der Waals surface area (Å²) in [7, 11) is 1.08. The van der Waals surface area contributed by atoms with Crippen LogP contribution in [0.15, 0.2) is 21.5 Å². The van der Waals surface area contributed by atoms with Crippen molar-refractivity contribution in [1.82, 2.24) is 4.57 Å². The van der Waals surface area contributed by atoms with Gasteiger partial charge in [0.25, 0.3) is 5.56 Å². The van der Waals surface area contributed by atoms with Gasteiger partial charge in [-0.2, -0.15) is 13.2 Å². The predicted octanol–water partition coefficient (Wildman–Crippen LogP) is 1.80. The molecule has 0 aliphatic carbocycles. The molecule has 0 aromatic carbocycles. The largest absolute Gasteiger partial charge is 0.468 e. The number of methoxy groups -OCH3 is 1. The van der Waals surface area contributed by atoms with E-state index in [2.05, 4.69) is 20.7 Å². The first kappa shape index (κ1) is 13.8. The van der Waals surface area contributed by atoms with Crippen molar-refractivity contribution in [3.63, 3.8) is 0 Å². The number of pyridine rings is 1. The summed E-state index contributed by atoms with van der Waals surface area (Å²) >= 11 is 2.72. The Morgan fingerprint density at radius 3 is 2.59 bits per heavy atom. The highest BCUT2D eigenvalue weighted by Crippen LogP contribution is 2.29. The van der Waals surface area contributed by atoms with Crippen molar-refractivity contribution < 1.29 is 22.7 Å². The highest BCUT2D eigenvalue weighted by Gasteiger charge is 2.32. The Labute approximate surface area is 102 Å². The molecule has 0 radical (unpaired) electrons. The fourth-order valence-corrected chi connectivity index (χ4v) is 1.55. The number of esters is 1. The van der Waals surface area contributed by atoms with E-state index in [4.69, 9.17) is 0 Å². The first-order valence-electron chi connectivity index (χ1n) is 4.29. The molecule has 0 bridgehead atoms. The highest BCUT2D eigenvalue weighted by molar-refractivity contribution is 9.10. The number of aromatic nitrogens is 1. The lowest BCUT2D eigenvalue weighted by atomic mass is 10.3. The van der Waals surface area contributed by atoms with Crippen LogP contribution in [0.3, 0.4) is 0 Å². The van der Waals surface area contributed by atoms with Crippen LogP contribution in [-0.4, -0.2) is 17.6 Å². The topological polar surface area (TPSA) is 48.3 Å². The molecule has 0 saturated heterocycles. The summed E-state index contributed by atoms with van der Waals surface area (Å²) in [6, 6.07) is 0.663. The van der Waals surface area contributed by atoms with E-state index in [1.807, 2.05) is 0 Å². The van der Waals surface area contributed by atoms with Crippen molar-refractivity contribution >= 4 is 21.9 Å². The lowest BCUT2D eigenvalue weighted by Crippen LogP contribution is -2.26. The number of hydrogen-bond acceptors (Lipinski definition) is 3. The average molecular weight is 314 g/mol. The van der Waals surface area contributed by atoms with Gasteiger partial charge in [0.05, 0.1) is 17.1 Å². The molecule has 1 rings (SSSR count). The van der Waals surface area contributed by atoms with Crippen molar-refractivity contribution in [3.05, 3.63) is 32.7 Å². The van der Waals surface area contributed by atoms with E-state index >= 15 is 0 Å². The second kappa shape index (κ2) is 4.91. The standard InChI is InChI=1S/C9H7BrF3NO3/c1-17-7(15)4-14-3-5(9(11,12)13)2-6(10)8(14)16/h2-3H,4H2,1H3. The zero-order chi connectivity index (χ0) is 13.2. The molecule has 0 fully saturated rings. The van der Waals surface area contributed by atoms with Crippen LogP contribution in [0.1, 0.15) is 5.56 Å². The number of halogens is 4. The first-order chi connectivity index (χ1) is 7.75. The van der Waals surface area contributed by atoms with Crippen LogP contribution in [0.5, 0.6) is 0 Å². The molecular weight excluding hydrogens is 307 g/mol. The summed E-state index contributed by atoms with van der Waals surface area (Å²) < 4.78 is 42.0. The minimum atomic E-state index is -4.59. The molecule has 1 heterocycles. The first-order valence-corrected chi connectivity index (χ1v) is 5.09. The van der Waals surface area contributed by atoms with Crippen LogP contribution < -0.4 is 5.56 Å². The highest BCUT2D eigenvalue weighted by atomic mass is 79.9. The van der Waals surface area contributed by atoms with Gasteiger partial charge in [-0.25, -0.2) is 0 Å². The van der Waals surface area contributed by atoms with E-state index < -0.39 is 29.8 Å². The number of alkyl halides is 3. The summed E-state index contributed by atoms with van der Waals surface area (Å²) in [5, 5.41) is 0. The number of hydrogen-bond donors (Lipinski definition) is 0. The number of rotatable bonds is 2. The van der Waals surface area contributed by atoms with Crippen molar-refractivity contribution in [3.8, 4) is 0 Å². The Morgan fingerprint density at radius 1 is 1.53 bits per heavy atom. The van der Waals surface area contributed by atoms with Gasteiger partial charge in [0.2, 0.25) is 0 Å². The van der Waals surface area contributed by atoms with Gasteiger partial charge in [-0.15, -0.1) is 0 Å². The Morgan fingerprint density at radius 2 is 2.12 bits per heavy atom. The van der Waals surface area contributed by atoms with Crippen LogP contribution in [0.4, 0.5) is 13.2 Å². The molecule has 0 amide bonds. The van der Waals surface area contributed by atoms with Gasteiger partial charge in [-0.05, 0) is 22.0 Å². The van der Waals surface area contributed by atoms with E-state index in [0.29, 0.717) is 16.8 Å². The zero-order valence-electron chi connectivity index (χ0n) is 8.55. The SMILES string of the molecule is COC(=O)Cn1cc(C(F)(F)F)cc(Br)c1=O. The minimum Gasteiger partial charge on any atom is -0.468 e. The number of nitrogens with zero attached hydrogens (tertiary/aromatic N) is 1. The fraction of sp³-hybridized carbons (Fsp3) is 0.333. The maximum Gasteiger partial charge on any atom is 0.417 e. The molecule has 0 aliphatic heterocycles. The van der Waals surface area contributed by atoms with Crippen molar-refractivity contribution in [2.24, 2.45) is 0 Å². The van der Waals surface area contributed by atoms with E-state index in [9.17, 15) is 22.8 Å². The van der Waals surface area contributed by atoms with Gasteiger partial charge in [-0.1, -0.05) is 0 Å². The van der Waals surface area contributed by atoms with Gasteiger partial charge < -0.3 is 9.30 Å². The molecule has 1 aromatic rings. The van der Waals surface area contributed by atoms with Crippen molar-refractivity contribution in [2.75, 3.05) is 7.11 Å². The molecule has 0 aliphatic rings. The molecule has 0 saturated carbocycles. The Balaban J connectivity index is 3.26. The molecule has 17 heavy (non-hydrogen) atoms. The third kappa shape index (κ3) is 3.32. The van der Waals surface area contributed by atoms with E-state index in [1.54, 1.807) is 0 Å². The Kier molecular flexibility index (Phi) is 3.97. The van der Waals surface area contributed by atoms with Gasteiger partial charge >= 0.3 is 12.1 Å². The molecule has 4 nitrogen and oxygen atoms in total. The third-order valence-corrected chi connectivity index (χ3v) is 2.46. The molecule has 0 N–H and O–H groups in total. The van der Waals surface area contributed by atoms with Gasteiger partial charge in [0, 0.05) is 6.20 Å². The number of carbonyl (C=O) groups is 1. The molecule has 0 spiro atoms. The van der Waals surface area contributed by atoms with Gasteiger partial charge in [-0.3, -0.25) is 9.59 Å². The van der Waals surface area contributed by atoms with E-state index in [1.165, 1.54) is 0 Å². The maximum atomic E-state index is 12.4. The van der Waals surface area contributed by atoms with Gasteiger partial charge in [0.15, 0.2) is 0 Å². The zero-order valence-corrected chi connectivity index (χ0v) is 10.1. The van der Waals surface area contributed by atoms with Crippen LogP contribution in [0.25, 0.3) is 0 Å². The quantitative estimate of drug-likeness (QED) is 0.782. The monoisotopic (exact) mass is 313 g/mol. The summed E-state index contributed by atoms with van der Waals surface area (Å²) in [5.74, 6) is -0.807. The fourth-order valence-electron chi connectivity index (χ4n) is 1.08. The molecule has 1 aromatic heterocycles. The summed E-state index contributed by atoms with van der Waals surface area (Å²) in [5.41, 5.74) is -1.75. The molecule has 94 valence electrons. The summed E-state index contributed by atoms with van der Waals surface area (Å²) in [4.78, 5) is 22.4. The van der Waals surface area contributed by atoms with Crippen LogP contribution in [0.2, 0.25) is 0 Å². The Hall–Kier alpha value is -1.31. The minimum absolute atomic E-state index is 0.267. The predicted molar refractivity (Wildman–Crippen MR) is 55.4 cm³/mol. The Bertz CT molecular complexity index is 495. The van der Waals surface area contributed by atoms with Crippen LogP contribution in [0, 0.1) is 0 Å². The van der Waals surface area contributed by atoms with E-state index in [-0.39, 0.29) is 4.47 Å². The third-order valence-electron chi connectivity index (χ3n) is 1.90. The summed E-state index contributed by atoms with van der Waals surface area (Å²) in [6.45, 7) is -0.572. The molecule has 0 atom stereocenters. The second-order valence-electron chi connectivity index (χ2n) is 3.08. The van der Waals surface area contributed by atoms with Gasteiger partial charge in [0.1, 0.15) is 6.54 Å². The van der Waals surface area contributed by atoms with Crippen molar-refractivity contribution in [1.29, 1.82) is 0 Å². The molecule has 8 heteroatoms. The maximum absolute atomic E-state index is 12.4. The molecular formula is C9H7BrF3NO3. The number of ether oxygens (including phenoxy) is 1. The smallest absolute Gasteiger partial charge is 0.417 e. The second-order valence-corrected chi connectivity index (χ2v) is 3.94. The molecule has 0 unspecified atom stereocenters. The lowest BCUT2D eigenvalue weighted by Gasteiger charge is -2.10. The average Bonchev–Trinajstić information content (AvgIpc) is 2.22. The normalized spacial score (nSPS) is 11.4.